The molecular formula is C10H13N3O4S2. The summed E-state index contributed by atoms with van der Waals surface area (Å²) >= 11 is 2.34. The van der Waals surface area contributed by atoms with Crippen LogP contribution in [-0.2, 0) is 9.59 Å². The Morgan fingerprint density at radius 3 is 2.74 bits per heavy atom. The summed E-state index contributed by atoms with van der Waals surface area (Å²) < 4.78 is 0. The highest BCUT2D eigenvalue weighted by molar-refractivity contribution is 8.00. The van der Waals surface area contributed by atoms with Gasteiger partial charge in [0.1, 0.15) is 6.04 Å². The molecular weight excluding hydrogens is 290 g/mol. The van der Waals surface area contributed by atoms with Crippen molar-refractivity contribution in [2.24, 2.45) is 5.73 Å². The Hall–Kier alpha value is -1.58. The van der Waals surface area contributed by atoms with Crippen LogP contribution < -0.4 is 16.6 Å². The van der Waals surface area contributed by atoms with Crippen LogP contribution >= 0.6 is 23.1 Å². The lowest BCUT2D eigenvalue weighted by atomic mass is 10.4. The van der Waals surface area contributed by atoms with E-state index in [-0.39, 0.29) is 11.5 Å². The molecule has 0 spiro atoms. The molecule has 0 aromatic carbocycles. The zero-order valence-electron chi connectivity index (χ0n) is 9.79. The second kappa shape index (κ2) is 7.77. The zero-order chi connectivity index (χ0) is 14.3. The van der Waals surface area contributed by atoms with Gasteiger partial charge in [0, 0.05) is 5.75 Å². The summed E-state index contributed by atoms with van der Waals surface area (Å²) in [7, 11) is 0. The standard InChI is InChI=1S/C10H13N3O4S2/c11-6(10(16)17)4-18-5-8(14)12-13-9(15)7-2-1-3-19-7/h1-3,6H,4-5,11H2,(H,12,14)(H,13,15)(H,16,17). The summed E-state index contributed by atoms with van der Waals surface area (Å²) in [6, 6.07) is 2.36. The average molecular weight is 303 g/mol. The van der Waals surface area contributed by atoms with E-state index in [0.717, 1.165) is 11.8 Å². The van der Waals surface area contributed by atoms with E-state index < -0.39 is 23.8 Å². The van der Waals surface area contributed by atoms with E-state index in [4.69, 9.17) is 10.8 Å². The number of aliphatic carboxylic acids is 1. The van der Waals surface area contributed by atoms with Crippen molar-refractivity contribution >= 4 is 40.9 Å². The number of thiophene rings is 1. The van der Waals surface area contributed by atoms with E-state index in [0.29, 0.717) is 4.88 Å². The molecule has 0 bridgehead atoms. The van der Waals surface area contributed by atoms with Gasteiger partial charge in [0.15, 0.2) is 0 Å². The Morgan fingerprint density at radius 1 is 1.42 bits per heavy atom. The maximum absolute atomic E-state index is 11.5. The van der Waals surface area contributed by atoms with Crippen molar-refractivity contribution in [2.45, 2.75) is 6.04 Å². The number of nitrogens with two attached hydrogens (primary N) is 1. The van der Waals surface area contributed by atoms with E-state index in [1.54, 1.807) is 17.5 Å². The minimum Gasteiger partial charge on any atom is -0.480 e. The molecule has 1 aromatic rings. The highest BCUT2D eigenvalue weighted by Crippen LogP contribution is 2.07. The fourth-order valence-corrected chi connectivity index (χ4v) is 2.37. The predicted octanol–water partition coefficient (Wildman–Crippen LogP) is -0.346. The molecule has 1 aromatic heterocycles. The lowest BCUT2D eigenvalue weighted by Gasteiger charge is -2.07. The van der Waals surface area contributed by atoms with Crippen molar-refractivity contribution in [1.82, 2.24) is 10.9 Å². The first-order chi connectivity index (χ1) is 9.00. The van der Waals surface area contributed by atoms with Gasteiger partial charge >= 0.3 is 5.97 Å². The van der Waals surface area contributed by atoms with Crippen LogP contribution in [0.4, 0.5) is 0 Å². The number of carboxylic acid groups (broad SMARTS) is 1. The van der Waals surface area contributed by atoms with Crippen LogP contribution in [-0.4, -0.2) is 40.4 Å². The summed E-state index contributed by atoms with van der Waals surface area (Å²) in [4.78, 5) is 33.7. The number of nitrogens with one attached hydrogen (secondary N) is 2. The van der Waals surface area contributed by atoms with Gasteiger partial charge in [0.05, 0.1) is 10.6 Å². The SMILES string of the molecule is NC(CSCC(=O)NNC(=O)c1cccs1)C(=O)O. The zero-order valence-corrected chi connectivity index (χ0v) is 11.4. The van der Waals surface area contributed by atoms with Crippen LogP contribution in [0.2, 0.25) is 0 Å². The molecule has 7 nitrogen and oxygen atoms in total. The molecule has 0 aliphatic heterocycles. The monoisotopic (exact) mass is 303 g/mol. The number of carboxylic acids is 1. The molecule has 1 unspecified atom stereocenters. The molecule has 0 saturated carbocycles. The van der Waals surface area contributed by atoms with E-state index >= 15 is 0 Å². The van der Waals surface area contributed by atoms with Gasteiger partial charge in [-0.3, -0.25) is 25.2 Å². The second-order valence-electron chi connectivity index (χ2n) is 3.44. The van der Waals surface area contributed by atoms with Crippen LogP contribution in [0, 0.1) is 0 Å². The summed E-state index contributed by atoms with van der Waals surface area (Å²) in [5.41, 5.74) is 9.76. The Morgan fingerprint density at radius 2 is 2.16 bits per heavy atom. The third-order valence-corrected chi connectivity index (χ3v) is 3.84. The maximum atomic E-state index is 11.5. The molecule has 9 heteroatoms. The number of hydrazine groups is 1. The molecule has 1 atom stereocenters. The Balaban J connectivity index is 2.18. The van der Waals surface area contributed by atoms with Crippen molar-refractivity contribution in [3.63, 3.8) is 0 Å². The minimum absolute atomic E-state index is 0.0195. The quantitative estimate of drug-likeness (QED) is 0.533. The van der Waals surface area contributed by atoms with Gasteiger partial charge in [0.2, 0.25) is 5.91 Å². The maximum Gasteiger partial charge on any atom is 0.321 e. The number of amides is 2. The van der Waals surface area contributed by atoms with Gasteiger partial charge in [-0.2, -0.15) is 0 Å². The lowest BCUT2D eigenvalue weighted by molar-refractivity contribution is -0.138. The number of hydrogen-bond acceptors (Lipinski definition) is 6. The van der Waals surface area contributed by atoms with Gasteiger partial charge in [0.25, 0.3) is 5.91 Å². The van der Waals surface area contributed by atoms with Crippen molar-refractivity contribution in [2.75, 3.05) is 11.5 Å². The molecule has 104 valence electrons. The number of carbonyl (C=O) groups excluding carboxylic acids is 2. The molecule has 1 heterocycles. The van der Waals surface area contributed by atoms with Gasteiger partial charge in [-0.05, 0) is 11.4 Å². The Labute approximate surface area is 117 Å². The van der Waals surface area contributed by atoms with Crippen molar-refractivity contribution in [1.29, 1.82) is 0 Å². The van der Waals surface area contributed by atoms with E-state index in [9.17, 15) is 14.4 Å². The summed E-state index contributed by atoms with van der Waals surface area (Å²) in [5, 5.41) is 10.3. The largest absolute Gasteiger partial charge is 0.480 e. The summed E-state index contributed by atoms with van der Waals surface area (Å²) in [6.45, 7) is 0. The highest BCUT2D eigenvalue weighted by atomic mass is 32.2. The fraction of sp³-hybridized carbons (Fsp3) is 0.300. The highest BCUT2D eigenvalue weighted by Gasteiger charge is 2.12. The van der Waals surface area contributed by atoms with E-state index in [1.165, 1.54) is 11.3 Å². The molecule has 0 radical (unpaired) electrons. The van der Waals surface area contributed by atoms with Crippen LogP contribution in [0.3, 0.4) is 0 Å². The van der Waals surface area contributed by atoms with E-state index in [2.05, 4.69) is 10.9 Å². The average Bonchev–Trinajstić information content (AvgIpc) is 2.89. The third kappa shape index (κ3) is 5.73. The van der Waals surface area contributed by atoms with Gasteiger partial charge in [-0.25, -0.2) is 0 Å². The topological polar surface area (TPSA) is 122 Å². The van der Waals surface area contributed by atoms with Crippen molar-refractivity contribution in [3.05, 3.63) is 22.4 Å². The van der Waals surface area contributed by atoms with Gasteiger partial charge < -0.3 is 10.8 Å². The normalized spacial score (nSPS) is 11.6. The Kier molecular flexibility index (Phi) is 6.33. The molecule has 0 aliphatic rings. The minimum atomic E-state index is -1.11. The van der Waals surface area contributed by atoms with Gasteiger partial charge in [-0.1, -0.05) is 6.07 Å². The first-order valence-electron chi connectivity index (χ1n) is 5.19. The first-order valence-corrected chi connectivity index (χ1v) is 7.23. The van der Waals surface area contributed by atoms with Gasteiger partial charge in [-0.15, -0.1) is 23.1 Å². The Bertz CT molecular complexity index is 450. The number of hydrogen-bond donors (Lipinski definition) is 4. The summed E-state index contributed by atoms with van der Waals surface area (Å²) in [6.07, 6.45) is 0. The molecule has 19 heavy (non-hydrogen) atoms. The molecule has 2 amide bonds. The molecule has 0 fully saturated rings. The molecule has 1 rings (SSSR count). The predicted molar refractivity (Wildman–Crippen MR) is 72.9 cm³/mol. The molecule has 0 aliphatic carbocycles. The third-order valence-electron chi connectivity index (χ3n) is 1.91. The van der Waals surface area contributed by atoms with Crippen LogP contribution in [0.1, 0.15) is 9.67 Å². The summed E-state index contributed by atoms with van der Waals surface area (Å²) in [5.74, 6) is -1.78. The van der Waals surface area contributed by atoms with Crippen LogP contribution in [0.5, 0.6) is 0 Å². The second-order valence-corrected chi connectivity index (χ2v) is 5.42. The first kappa shape index (κ1) is 15.5. The molecule has 5 N–H and O–H groups in total. The lowest BCUT2D eigenvalue weighted by Crippen LogP contribution is -2.42. The number of carbonyl (C=O) groups is 3. The van der Waals surface area contributed by atoms with Crippen LogP contribution in [0.15, 0.2) is 17.5 Å². The fourth-order valence-electron chi connectivity index (χ4n) is 0.982. The van der Waals surface area contributed by atoms with Crippen molar-refractivity contribution < 1.29 is 19.5 Å². The van der Waals surface area contributed by atoms with Crippen molar-refractivity contribution in [3.8, 4) is 0 Å². The number of thioether (sulfide) groups is 1. The molecule has 0 saturated heterocycles. The van der Waals surface area contributed by atoms with E-state index in [1.807, 2.05) is 0 Å². The van der Waals surface area contributed by atoms with Crippen LogP contribution in [0.25, 0.3) is 0 Å². The smallest absolute Gasteiger partial charge is 0.321 e. The number of rotatable bonds is 6.